The van der Waals surface area contributed by atoms with E-state index >= 15 is 0 Å². The van der Waals surface area contributed by atoms with E-state index in [0.717, 1.165) is 77.0 Å². The molecule has 1 N–H and O–H groups in total. The Labute approximate surface area is 221 Å². The summed E-state index contributed by atoms with van der Waals surface area (Å²) in [5, 5.41) is 10.0. The van der Waals surface area contributed by atoms with Gasteiger partial charge in [0.05, 0.1) is 33.9 Å². The molecule has 1 aliphatic heterocycles. The van der Waals surface area contributed by atoms with E-state index in [-0.39, 0.29) is 11.7 Å². The van der Waals surface area contributed by atoms with Crippen LogP contribution in [0.1, 0.15) is 34.6 Å². The van der Waals surface area contributed by atoms with E-state index in [2.05, 4.69) is 28.0 Å². The average Bonchev–Trinajstić information content (AvgIpc) is 3.19. The number of likely N-dealkylation sites (tertiary alicyclic amines) is 1. The van der Waals surface area contributed by atoms with Gasteiger partial charge in [0.2, 0.25) is 0 Å². The summed E-state index contributed by atoms with van der Waals surface area (Å²) in [4.78, 5) is 20.5. The van der Waals surface area contributed by atoms with Gasteiger partial charge < -0.3 is 19.3 Å². The fraction of sp³-hybridized carbons (Fsp3) is 0.310. The van der Waals surface area contributed by atoms with Crippen molar-refractivity contribution in [1.82, 2.24) is 14.5 Å². The second kappa shape index (κ2) is 10.4. The second-order valence-electron chi connectivity index (χ2n) is 9.70. The number of hydrogen-bond acceptors (Lipinski definition) is 5. The first kappa shape index (κ1) is 25.1. The number of carboxylic acids is 1. The summed E-state index contributed by atoms with van der Waals surface area (Å²) >= 11 is 6.49. The van der Waals surface area contributed by atoms with Gasteiger partial charge in [-0.05, 0) is 67.8 Å². The molecule has 1 aromatic heterocycles. The predicted molar refractivity (Wildman–Crippen MR) is 147 cm³/mol. The fourth-order valence-electron chi connectivity index (χ4n) is 4.88. The number of carboxylic acid groups (broad SMARTS) is 1. The van der Waals surface area contributed by atoms with Crippen LogP contribution in [-0.4, -0.2) is 51.8 Å². The number of halogens is 1. The smallest absolute Gasteiger partial charge is 0.335 e. The molecule has 0 atom stereocenters. The predicted octanol–water partition coefficient (Wildman–Crippen LogP) is 6.04. The summed E-state index contributed by atoms with van der Waals surface area (Å²) in [5.74, 6) is 0.862. The first-order valence-corrected chi connectivity index (χ1v) is 12.8. The Morgan fingerprint density at radius 3 is 2.65 bits per heavy atom. The van der Waals surface area contributed by atoms with Crippen LogP contribution in [0.15, 0.2) is 60.7 Å². The molecular weight excluding hydrogens is 488 g/mol. The van der Waals surface area contributed by atoms with Crippen molar-refractivity contribution in [3.63, 3.8) is 0 Å². The second-order valence-corrected chi connectivity index (χ2v) is 10.1. The van der Waals surface area contributed by atoms with Gasteiger partial charge in [-0.3, -0.25) is 4.90 Å². The molecule has 7 nitrogen and oxygen atoms in total. The lowest BCUT2D eigenvalue weighted by Crippen LogP contribution is -2.38. The Kier molecular flexibility index (Phi) is 7.09. The third kappa shape index (κ3) is 5.43. The zero-order valence-corrected chi connectivity index (χ0v) is 22.1. The van der Waals surface area contributed by atoms with Crippen LogP contribution in [0.25, 0.3) is 11.0 Å². The molecule has 5 rings (SSSR count). The molecule has 1 aliphatic rings. The van der Waals surface area contributed by atoms with Gasteiger partial charge in [0.1, 0.15) is 17.7 Å². The third-order valence-electron chi connectivity index (χ3n) is 7.09. The molecule has 1 saturated heterocycles. The van der Waals surface area contributed by atoms with Crippen molar-refractivity contribution in [3.8, 4) is 5.75 Å². The number of aryl methyl sites for hydroxylation is 2. The quantitative estimate of drug-likeness (QED) is 0.321. The molecule has 0 amide bonds. The first-order valence-electron chi connectivity index (χ1n) is 12.5. The molecule has 0 bridgehead atoms. The van der Waals surface area contributed by atoms with Crippen molar-refractivity contribution in [2.24, 2.45) is 7.05 Å². The van der Waals surface area contributed by atoms with Gasteiger partial charge in [0.15, 0.2) is 0 Å². The van der Waals surface area contributed by atoms with E-state index < -0.39 is 5.97 Å². The van der Waals surface area contributed by atoms with Crippen LogP contribution in [0, 0.1) is 6.92 Å². The normalized spacial score (nSPS) is 14.7. The zero-order chi connectivity index (χ0) is 26.1. The van der Waals surface area contributed by atoms with Gasteiger partial charge in [-0.15, -0.1) is 0 Å². The number of rotatable bonds is 7. The zero-order valence-electron chi connectivity index (χ0n) is 21.3. The van der Waals surface area contributed by atoms with E-state index in [1.165, 1.54) is 0 Å². The fourth-order valence-corrected chi connectivity index (χ4v) is 5.24. The number of carbonyl (C=O) groups is 1. The molecule has 192 valence electrons. The number of fused-ring (bicyclic) bond motifs is 1. The number of aromatic nitrogens is 2. The maximum Gasteiger partial charge on any atom is 0.335 e. The number of aromatic carboxylic acids is 1. The highest BCUT2D eigenvalue weighted by atomic mass is 35.5. The summed E-state index contributed by atoms with van der Waals surface area (Å²) < 4.78 is 8.37. The number of imidazole rings is 1. The number of anilines is 2. The largest absolute Gasteiger partial charge is 0.490 e. The van der Waals surface area contributed by atoms with Crippen LogP contribution in [-0.2, 0) is 13.6 Å². The minimum absolute atomic E-state index is 0.151. The molecule has 0 aliphatic carbocycles. The average molecular weight is 519 g/mol. The molecule has 2 heterocycles. The van der Waals surface area contributed by atoms with Crippen molar-refractivity contribution >= 4 is 40.0 Å². The molecular formula is C29H31ClN4O3. The Balaban J connectivity index is 1.20. The van der Waals surface area contributed by atoms with Crippen molar-refractivity contribution in [3.05, 3.63) is 82.6 Å². The number of piperidine rings is 1. The monoisotopic (exact) mass is 518 g/mol. The lowest BCUT2D eigenvalue weighted by atomic mass is 10.1. The van der Waals surface area contributed by atoms with E-state index in [1.807, 2.05) is 49.9 Å². The van der Waals surface area contributed by atoms with Crippen molar-refractivity contribution in [1.29, 1.82) is 0 Å². The van der Waals surface area contributed by atoms with Crippen LogP contribution in [0.5, 0.6) is 5.75 Å². The SMILES string of the molecule is Cc1ccc(N(C)c2cccc(OC3CCN(Cc4nc5ccc(C(=O)O)cc5n4C)CC3)c2)c(Cl)c1. The minimum Gasteiger partial charge on any atom is -0.490 e. The number of hydrogen-bond donors (Lipinski definition) is 1. The van der Waals surface area contributed by atoms with Crippen molar-refractivity contribution in [2.45, 2.75) is 32.4 Å². The Hall–Kier alpha value is -3.55. The molecule has 8 heteroatoms. The molecule has 37 heavy (non-hydrogen) atoms. The maximum atomic E-state index is 11.3. The highest BCUT2D eigenvalue weighted by Crippen LogP contribution is 2.33. The van der Waals surface area contributed by atoms with E-state index in [9.17, 15) is 9.90 Å². The highest BCUT2D eigenvalue weighted by Gasteiger charge is 2.23. The molecule has 4 aromatic rings. The number of nitrogens with zero attached hydrogens (tertiary/aromatic N) is 4. The Bertz CT molecular complexity index is 1440. The molecule has 1 fully saturated rings. The molecule has 0 saturated carbocycles. The molecule has 3 aromatic carbocycles. The first-order chi connectivity index (χ1) is 17.8. The van der Waals surface area contributed by atoms with Crippen molar-refractivity contribution < 1.29 is 14.6 Å². The number of benzene rings is 3. The third-order valence-corrected chi connectivity index (χ3v) is 7.39. The van der Waals surface area contributed by atoms with E-state index in [0.29, 0.717) is 0 Å². The van der Waals surface area contributed by atoms with Crippen LogP contribution in [0.2, 0.25) is 5.02 Å². The van der Waals surface area contributed by atoms with Gasteiger partial charge in [-0.1, -0.05) is 23.7 Å². The summed E-state index contributed by atoms with van der Waals surface area (Å²) in [6, 6.07) is 19.3. The lowest BCUT2D eigenvalue weighted by molar-refractivity contribution is 0.0697. The molecule has 0 radical (unpaired) electrons. The summed E-state index contributed by atoms with van der Waals surface area (Å²) in [7, 11) is 3.96. The van der Waals surface area contributed by atoms with Crippen LogP contribution in [0.3, 0.4) is 0 Å². The number of ether oxygens (including phenoxy) is 1. The topological polar surface area (TPSA) is 70.8 Å². The maximum absolute atomic E-state index is 11.3. The summed E-state index contributed by atoms with van der Waals surface area (Å²) in [5.41, 5.74) is 5.04. The van der Waals surface area contributed by atoms with Gasteiger partial charge in [0, 0.05) is 38.9 Å². The van der Waals surface area contributed by atoms with Gasteiger partial charge in [0.25, 0.3) is 0 Å². The van der Waals surface area contributed by atoms with Crippen molar-refractivity contribution in [2.75, 3.05) is 25.0 Å². The van der Waals surface area contributed by atoms with Gasteiger partial charge in [-0.2, -0.15) is 0 Å². The Morgan fingerprint density at radius 1 is 1.14 bits per heavy atom. The lowest BCUT2D eigenvalue weighted by Gasteiger charge is -2.32. The summed E-state index contributed by atoms with van der Waals surface area (Å²) in [6.45, 7) is 4.57. The molecule has 0 unspecified atom stereocenters. The van der Waals surface area contributed by atoms with Gasteiger partial charge in [-0.25, -0.2) is 9.78 Å². The summed E-state index contributed by atoms with van der Waals surface area (Å²) in [6.07, 6.45) is 2.01. The Morgan fingerprint density at radius 2 is 1.92 bits per heavy atom. The van der Waals surface area contributed by atoms with Crippen LogP contribution >= 0.6 is 11.6 Å². The molecule has 0 spiro atoms. The van der Waals surface area contributed by atoms with Gasteiger partial charge >= 0.3 is 5.97 Å². The standard InChI is InChI=1S/C29H31ClN4O3/c1-19-7-10-26(24(30)15-19)32(2)21-5-4-6-23(17-21)37-22-11-13-34(14-12-22)18-28-31-25-9-8-20(29(35)36)16-27(25)33(28)3/h4-10,15-17,22H,11-14,18H2,1-3H3,(H,35,36). The van der Waals surface area contributed by atoms with Crippen LogP contribution in [0.4, 0.5) is 11.4 Å². The van der Waals surface area contributed by atoms with Crippen LogP contribution < -0.4 is 9.64 Å². The minimum atomic E-state index is -0.928. The highest BCUT2D eigenvalue weighted by molar-refractivity contribution is 6.33. The van der Waals surface area contributed by atoms with E-state index in [1.54, 1.807) is 18.2 Å². The van der Waals surface area contributed by atoms with E-state index in [4.69, 9.17) is 21.3 Å².